The molecule has 0 amide bonds. The summed E-state index contributed by atoms with van der Waals surface area (Å²) in [5.41, 5.74) is 1.30. The summed E-state index contributed by atoms with van der Waals surface area (Å²) in [5, 5.41) is 3.41. The van der Waals surface area contributed by atoms with Crippen LogP contribution >= 0.6 is 0 Å². The first-order valence-electron chi connectivity index (χ1n) is 7.42. The highest BCUT2D eigenvalue weighted by atomic mass is 16.5. The third-order valence-corrected chi connectivity index (χ3v) is 3.95. The highest BCUT2D eigenvalue weighted by molar-refractivity contribution is 5.29. The smallest absolute Gasteiger partial charge is 0.119 e. The fourth-order valence-electron chi connectivity index (χ4n) is 2.74. The number of rotatable bonds is 7. The van der Waals surface area contributed by atoms with Crippen LogP contribution in [0.4, 0.5) is 0 Å². The molecule has 2 rings (SSSR count). The third kappa shape index (κ3) is 3.95. The Labute approximate surface area is 122 Å². The molecule has 1 N–H and O–H groups in total. The van der Waals surface area contributed by atoms with Crippen LogP contribution in [0.2, 0.25) is 0 Å². The van der Waals surface area contributed by atoms with E-state index >= 15 is 0 Å². The molecule has 0 aromatic heterocycles. The van der Waals surface area contributed by atoms with Crippen LogP contribution in [0, 0.1) is 0 Å². The van der Waals surface area contributed by atoms with Crippen molar-refractivity contribution in [3.63, 3.8) is 0 Å². The summed E-state index contributed by atoms with van der Waals surface area (Å²) in [6.45, 7) is 5.88. The summed E-state index contributed by atoms with van der Waals surface area (Å²) in [4.78, 5) is 2.46. The van der Waals surface area contributed by atoms with Gasteiger partial charge in [-0.1, -0.05) is 12.1 Å². The molecule has 112 valence electrons. The van der Waals surface area contributed by atoms with Crippen LogP contribution in [0.25, 0.3) is 0 Å². The molecule has 1 aromatic rings. The van der Waals surface area contributed by atoms with Gasteiger partial charge in [-0.15, -0.1) is 0 Å². The fraction of sp³-hybridized carbons (Fsp3) is 0.625. The van der Waals surface area contributed by atoms with Gasteiger partial charge in [-0.05, 0) is 38.1 Å². The quantitative estimate of drug-likeness (QED) is 0.828. The number of nitrogens with zero attached hydrogens (tertiary/aromatic N) is 1. The molecule has 0 bridgehead atoms. The molecule has 0 spiro atoms. The Hall–Kier alpha value is -1.10. The average molecular weight is 278 g/mol. The Morgan fingerprint density at radius 2 is 2.10 bits per heavy atom. The van der Waals surface area contributed by atoms with Gasteiger partial charge >= 0.3 is 0 Å². The maximum Gasteiger partial charge on any atom is 0.119 e. The van der Waals surface area contributed by atoms with Gasteiger partial charge in [0.05, 0.1) is 12.7 Å². The molecule has 2 unspecified atom stereocenters. The second-order valence-electron chi connectivity index (χ2n) is 5.25. The third-order valence-electron chi connectivity index (χ3n) is 3.95. The Balaban J connectivity index is 1.94. The van der Waals surface area contributed by atoms with Gasteiger partial charge in [-0.2, -0.15) is 0 Å². The Morgan fingerprint density at radius 3 is 2.65 bits per heavy atom. The van der Waals surface area contributed by atoms with E-state index in [4.69, 9.17) is 9.47 Å². The van der Waals surface area contributed by atoms with E-state index in [9.17, 15) is 0 Å². The Morgan fingerprint density at radius 1 is 1.35 bits per heavy atom. The first-order valence-corrected chi connectivity index (χ1v) is 7.42. The van der Waals surface area contributed by atoms with Crippen molar-refractivity contribution in [1.82, 2.24) is 10.2 Å². The van der Waals surface area contributed by atoms with E-state index in [0.717, 1.165) is 31.8 Å². The summed E-state index contributed by atoms with van der Waals surface area (Å²) < 4.78 is 10.9. The number of hydrogen-bond acceptors (Lipinski definition) is 4. The molecule has 20 heavy (non-hydrogen) atoms. The van der Waals surface area contributed by atoms with Crippen molar-refractivity contribution >= 4 is 0 Å². The van der Waals surface area contributed by atoms with Gasteiger partial charge < -0.3 is 14.8 Å². The molecule has 0 radical (unpaired) electrons. The minimum Gasteiger partial charge on any atom is -0.494 e. The zero-order valence-electron chi connectivity index (χ0n) is 12.8. The number of hydrogen-bond donors (Lipinski definition) is 1. The van der Waals surface area contributed by atoms with Crippen molar-refractivity contribution < 1.29 is 9.47 Å². The van der Waals surface area contributed by atoms with Crippen molar-refractivity contribution in [3.05, 3.63) is 29.8 Å². The largest absolute Gasteiger partial charge is 0.494 e. The Kier molecular flexibility index (Phi) is 5.83. The summed E-state index contributed by atoms with van der Waals surface area (Å²) in [5.74, 6) is 0.937. The lowest BCUT2D eigenvalue weighted by Crippen LogP contribution is -2.33. The van der Waals surface area contributed by atoms with E-state index in [2.05, 4.69) is 22.3 Å². The van der Waals surface area contributed by atoms with Crippen LogP contribution in [0.15, 0.2) is 24.3 Å². The minimum atomic E-state index is 0.348. The highest BCUT2D eigenvalue weighted by Gasteiger charge is 2.24. The van der Waals surface area contributed by atoms with Gasteiger partial charge in [0.25, 0.3) is 0 Å². The molecule has 2 atom stereocenters. The minimum absolute atomic E-state index is 0.348. The molecular formula is C16H26N2O2. The van der Waals surface area contributed by atoms with E-state index in [0.29, 0.717) is 18.8 Å². The number of nitrogens with one attached hydrogen (secondary N) is 1. The van der Waals surface area contributed by atoms with Crippen LogP contribution in [0.3, 0.4) is 0 Å². The van der Waals surface area contributed by atoms with Crippen LogP contribution in [-0.4, -0.2) is 51.4 Å². The molecule has 4 heteroatoms. The molecule has 1 aromatic carbocycles. The molecule has 1 aliphatic heterocycles. The highest BCUT2D eigenvalue weighted by Crippen LogP contribution is 2.21. The zero-order chi connectivity index (χ0) is 14.4. The van der Waals surface area contributed by atoms with Crippen LogP contribution in [-0.2, 0) is 4.74 Å². The SMILES string of the molecule is CCOc1ccc(C(CN2CCC(OC)C2)NC)cc1. The normalized spacial score (nSPS) is 21.1. The monoisotopic (exact) mass is 278 g/mol. The number of methoxy groups -OCH3 is 1. The van der Waals surface area contributed by atoms with E-state index in [1.54, 1.807) is 7.11 Å². The van der Waals surface area contributed by atoms with Gasteiger partial charge in [0, 0.05) is 32.8 Å². The number of ether oxygens (including phenoxy) is 2. The maximum atomic E-state index is 5.49. The van der Waals surface area contributed by atoms with E-state index in [1.165, 1.54) is 5.56 Å². The van der Waals surface area contributed by atoms with Crippen LogP contribution < -0.4 is 10.1 Å². The van der Waals surface area contributed by atoms with Gasteiger partial charge in [0.1, 0.15) is 5.75 Å². The number of likely N-dealkylation sites (tertiary alicyclic amines) is 1. The van der Waals surface area contributed by atoms with Crippen molar-refractivity contribution in [1.29, 1.82) is 0 Å². The molecule has 0 saturated carbocycles. The molecular weight excluding hydrogens is 252 g/mol. The predicted molar refractivity (Wildman–Crippen MR) is 81.3 cm³/mol. The van der Waals surface area contributed by atoms with E-state index < -0.39 is 0 Å². The average Bonchev–Trinajstić information content (AvgIpc) is 2.94. The Bertz CT molecular complexity index is 394. The molecule has 1 aliphatic rings. The molecule has 1 saturated heterocycles. The van der Waals surface area contributed by atoms with Gasteiger partial charge in [-0.25, -0.2) is 0 Å². The summed E-state index contributed by atoms with van der Waals surface area (Å²) >= 11 is 0. The zero-order valence-corrected chi connectivity index (χ0v) is 12.8. The lowest BCUT2D eigenvalue weighted by molar-refractivity contribution is 0.107. The topological polar surface area (TPSA) is 33.7 Å². The second kappa shape index (κ2) is 7.62. The fourth-order valence-corrected chi connectivity index (χ4v) is 2.74. The summed E-state index contributed by atoms with van der Waals surface area (Å²) in [7, 11) is 3.82. The summed E-state index contributed by atoms with van der Waals surface area (Å²) in [6.07, 6.45) is 1.53. The first kappa shape index (κ1) is 15.3. The van der Waals surface area contributed by atoms with E-state index in [1.807, 2.05) is 26.1 Å². The van der Waals surface area contributed by atoms with Crippen molar-refractivity contribution in [2.45, 2.75) is 25.5 Å². The van der Waals surface area contributed by atoms with Crippen molar-refractivity contribution in [3.8, 4) is 5.75 Å². The molecule has 0 aliphatic carbocycles. The van der Waals surface area contributed by atoms with Gasteiger partial charge in [-0.3, -0.25) is 4.90 Å². The molecule has 1 fully saturated rings. The van der Waals surface area contributed by atoms with Crippen LogP contribution in [0.5, 0.6) is 5.75 Å². The first-order chi connectivity index (χ1) is 9.76. The standard InChI is InChI=1S/C16H26N2O2/c1-4-20-14-7-5-13(6-8-14)16(17-2)12-18-10-9-15(11-18)19-3/h5-8,15-17H,4,9-12H2,1-3H3. The van der Waals surface area contributed by atoms with Crippen LogP contribution in [0.1, 0.15) is 24.9 Å². The maximum absolute atomic E-state index is 5.49. The molecule has 4 nitrogen and oxygen atoms in total. The number of likely N-dealkylation sites (N-methyl/N-ethyl adjacent to an activating group) is 1. The predicted octanol–water partition coefficient (Wildman–Crippen LogP) is 2.07. The lowest BCUT2D eigenvalue weighted by Gasteiger charge is -2.24. The second-order valence-corrected chi connectivity index (χ2v) is 5.25. The van der Waals surface area contributed by atoms with Crippen molar-refractivity contribution in [2.24, 2.45) is 0 Å². The van der Waals surface area contributed by atoms with Gasteiger partial charge in [0.2, 0.25) is 0 Å². The molecule has 1 heterocycles. The summed E-state index contributed by atoms with van der Waals surface area (Å²) in [6, 6.07) is 8.74. The van der Waals surface area contributed by atoms with Gasteiger partial charge in [0.15, 0.2) is 0 Å². The number of benzene rings is 1. The van der Waals surface area contributed by atoms with Crippen molar-refractivity contribution in [2.75, 3.05) is 40.4 Å². The lowest BCUT2D eigenvalue weighted by atomic mass is 10.1. The van der Waals surface area contributed by atoms with E-state index in [-0.39, 0.29) is 0 Å².